The Morgan fingerprint density at radius 3 is 2.69 bits per heavy atom. The average Bonchev–Trinajstić information content (AvgIpc) is 3.11. The van der Waals surface area contributed by atoms with Crippen LogP contribution >= 0.6 is 11.3 Å². The predicted octanol–water partition coefficient (Wildman–Crippen LogP) is 2.78. The number of nitrogens with zero attached hydrogens (tertiary/aromatic N) is 1. The van der Waals surface area contributed by atoms with Crippen molar-refractivity contribution >= 4 is 22.9 Å². The molecule has 1 aromatic heterocycles. The normalized spacial score (nSPS) is 14.7. The summed E-state index contributed by atoms with van der Waals surface area (Å²) >= 11 is 1.59. The summed E-state index contributed by atoms with van der Waals surface area (Å²) in [5, 5.41) is 3.87. The second kappa shape index (κ2) is 8.82. The molecule has 2 heterocycles. The third-order valence-corrected chi connectivity index (χ3v) is 5.94. The van der Waals surface area contributed by atoms with Gasteiger partial charge in [-0.2, -0.15) is 0 Å². The van der Waals surface area contributed by atoms with Crippen LogP contribution < -0.4 is 10.2 Å². The first-order chi connectivity index (χ1) is 14.1. The number of amides is 1. The Bertz CT molecular complexity index is 998. The quantitative estimate of drug-likeness (QED) is 0.678. The molecule has 0 unspecified atom stereocenters. The molecule has 7 heteroatoms. The van der Waals surface area contributed by atoms with Crippen LogP contribution in [0.25, 0.3) is 21.8 Å². The molecule has 0 radical (unpaired) electrons. The van der Waals surface area contributed by atoms with Crippen LogP contribution in [-0.4, -0.2) is 43.7 Å². The lowest BCUT2D eigenvalue weighted by Gasteiger charge is -2.23. The van der Waals surface area contributed by atoms with Gasteiger partial charge in [0, 0.05) is 21.7 Å². The molecule has 1 aliphatic heterocycles. The van der Waals surface area contributed by atoms with Crippen LogP contribution in [0, 0.1) is 12.7 Å². The third kappa shape index (κ3) is 4.87. The molecule has 5 nitrogen and oxygen atoms in total. The Labute approximate surface area is 173 Å². The molecule has 3 aromatic rings. The fraction of sp³-hybridized carbons (Fsp3) is 0.273. The van der Waals surface area contributed by atoms with E-state index in [4.69, 9.17) is 9.72 Å². The van der Waals surface area contributed by atoms with Gasteiger partial charge in [0.05, 0.1) is 18.9 Å². The Kier molecular flexibility index (Phi) is 5.99. The van der Waals surface area contributed by atoms with E-state index in [1.165, 1.54) is 17.0 Å². The van der Waals surface area contributed by atoms with Gasteiger partial charge in [0.15, 0.2) is 6.54 Å². The summed E-state index contributed by atoms with van der Waals surface area (Å²) < 4.78 is 18.5. The van der Waals surface area contributed by atoms with E-state index in [0.29, 0.717) is 19.8 Å². The number of quaternary nitrogens is 1. The molecule has 29 heavy (non-hydrogen) atoms. The highest BCUT2D eigenvalue weighted by molar-refractivity contribution is 7.15. The molecule has 1 aliphatic rings. The number of anilines is 1. The first kappa shape index (κ1) is 19.7. The highest BCUT2D eigenvalue weighted by Gasteiger charge is 2.18. The molecule has 2 aromatic carbocycles. The smallest absolute Gasteiger partial charge is 0.279 e. The number of aryl methyl sites for hydroxylation is 1. The standard InChI is InChI=1S/C22H22FN3O2S/c1-15-21(16-5-7-18(23)8-6-16)25-22(29-15)17-3-2-4-19(13-17)24-20(27)14-26-9-11-28-12-10-26/h2-8,13H,9-12,14H2,1H3,(H,24,27)/p+1. The van der Waals surface area contributed by atoms with Crippen molar-refractivity contribution in [3.63, 3.8) is 0 Å². The Morgan fingerprint density at radius 1 is 1.17 bits per heavy atom. The number of benzene rings is 2. The molecule has 0 atom stereocenters. The Morgan fingerprint density at radius 2 is 1.93 bits per heavy atom. The zero-order valence-corrected chi connectivity index (χ0v) is 17.0. The molecule has 0 saturated carbocycles. The fourth-order valence-electron chi connectivity index (χ4n) is 3.39. The van der Waals surface area contributed by atoms with Gasteiger partial charge in [-0.3, -0.25) is 4.79 Å². The number of halogens is 1. The molecule has 1 fully saturated rings. The number of ether oxygens (including phenoxy) is 1. The number of carbonyl (C=O) groups excluding carboxylic acids is 1. The zero-order valence-electron chi connectivity index (χ0n) is 16.2. The molecule has 1 amide bonds. The molecule has 2 N–H and O–H groups in total. The first-order valence-corrected chi connectivity index (χ1v) is 10.4. The van der Waals surface area contributed by atoms with Gasteiger partial charge in [0.2, 0.25) is 0 Å². The van der Waals surface area contributed by atoms with Crippen molar-refractivity contribution in [1.82, 2.24) is 4.98 Å². The number of rotatable bonds is 5. The number of nitrogens with one attached hydrogen (secondary N) is 2. The molecule has 0 spiro atoms. The maximum absolute atomic E-state index is 13.2. The second-order valence-corrected chi connectivity index (χ2v) is 8.30. The number of hydrogen-bond acceptors (Lipinski definition) is 4. The fourth-order valence-corrected chi connectivity index (χ4v) is 4.33. The number of aromatic nitrogens is 1. The number of morpholine rings is 1. The zero-order chi connectivity index (χ0) is 20.2. The lowest BCUT2D eigenvalue weighted by Crippen LogP contribution is -3.15. The van der Waals surface area contributed by atoms with Gasteiger partial charge in [0.1, 0.15) is 23.9 Å². The van der Waals surface area contributed by atoms with Crippen LogP contribution in [-0.2, 0) is 9.53 Å². The largest absolute Gasteiger partial charge is 0.370 e. The predicted molar refractivity (Wildman–Crippen MR) is 113 cm³/mol. The molecule has 150 valence electrons. The van der Waals surface area contributed by atoms with Crippen LogP contribution in [0.4, 0.5) is 10.1 Å². The molecule has 0 bridgehead atoms. The number of thiazole rings is 1. The maximum Gasteiger partial charge on any atom is 0.279 e. The Hall–Kier alpha value is -2.61. The van der Waals surface area contributed by atoms with Crippen LogP contribution in [0.5, 0.6) is 0 Å². The summed E-state index contributed by atoms with van der Waals surface area (Å²) in [6, 6.07) is 14.1. The lowest BCUT2D eigenvalue weighted by molar-refractivity contribution is -0.899. The third-order valence-electron chi connectivity index (χ3n) is 4.92. The van der Waals surface area contributed by atoms with Crippen molar-refractivity contribution in [1.29, 1.82) is 0 Å². The minimum Gasteiger partial charge on any atom is -0.370 e. The first-order valence-electron chi connectivity index (χ1n) is 9.63. The number of hydrogen-bond donors (Lipinski definition) is 2. The minimum atomic E-state index is -0.260. The van der Waals surface area contributed by atoms with Crippen LogP contribution in [0.2, 0.25) is 0 Å². The van der Waals surface area contributed by atoms with Crippen LogP contribution in [0.15, 0.2) is 48.5 Å². The molecule has 0 aliphatic carbocycles. The lowest BCUT2D eigenvalue weighted by atomic mass is 10.1. The average molecular weight is 413 g/mol. The van der Waals surface area contributed by atoms with E-state index in [-0.39, 0.29) is 11.7 Å². The number of carbonyl (C=O) groups is 1. The molecule has 4 rings (SSSR count). The van der Waals surface area contributed by atoms with Crippen molar-refractivity contribution < 1.29 is 18.8 Å². The molecular formula is C22H23FN3O2S+. The second-order valence-electron chi connectivity index (χ2n) is 7.10. The highest BCUT2D eigenvalue weighted by Crippen LogP contribution is 2.34. The van der Waals surface area contributed by atoms with Gasteiger partial charge in [-0.1, -0.05) is 12.1 Å². The van der Waals surface area contributed by atoms with E-state index in [0.717, 1.165) is 45.5 Å². The van der Waals surface area contributed by atoms with E-state index in [2.05, 4.69) is 5.32 Å². The topological polar surface area (TPSA) is 55.7 Å². The van der Waals surface area contributed by atoms with Crippen molar-refractivity contribution in [2.45, 2.75) is 6.92 Å². The van der Waals surface area contributed by atoms with Crippen LogP contribution in [0.1, 0.15) is 4.88 Å². The summed E-state index contributed by atoms with van der Waals surface area (Å²) in [7, 11) is 0. The summed E-state index contributed by atoms with van der Waals surface area (Å²) in [5.41, 5.74) is 3.46. The van der Waals surface area contributed by atoms with E-state index >= 15 is 0 Å². The SMILES string of the molecule is Cc1sc(-c2cccc(NC(=O)C[NH+]3CCOCC3)c2)nc1-c1ccc(F)cc1. The molecular weight excluding hydrogens is 389 g/mol. The van der Waals surface area contributed by atoms with E-state index in [1.54, 1.807) is 23.5 Å². The van der Waals surface area contributed by atoms with Gasteiger partial charge < -0.3 is 15.0 Å². The van der Waals surface area contributed by atoms with Crippen molar-refractivity contribution in [3.8, 4) is 21.8 Å². The molecule has 1 saturated heterocycles. The van der Waals surface area contributed by atoms with Gasteiger partial charge in [-0.25, -0.2) is 9.37 Å². The minimum absolute atomic E-state index is 0.00127. The van der Waals surface area contributed by atoms with E-state index in [9.17, 15) is 9.18 Å². The maximum atomic E-state index is 13.2. The summed E-state index contributed by atoms with van der Waals surface area (Å²) in [6.07, 6.45) is 0. The van der Waals surface area contributed by atoms with Gasteiger partial charge >= 0.3 is 0 Å². The van der Waals surface area contributed by atoms with Gasteiger partial charge in [-0.05, 0) is 43.3 Å². The van der Waals surface area contributed by atoms with E-state index in [1.807, 2.05) is 31.2 Å². The summed E-state index contributed by atoms with van der Waals surface area (Å²) in [6.45, 7) is 5.58. The summed E-state index contributed by atoms with van der Waals surface area (Å²) in [5.74, 6) is -0.259. The van der Waals surface area contributed by atoms with Crippen LogP contribution in [0.3, 0.4) is 0 Å². The van der Waals surface area contributed by atoms with Crippen molar-refractivity contribution in [2.75, 3.05) is 38.2 Å². The van der Waals surface area contributed by atoms with Crippen molar-refractivity contribution in [3.05, 3.63) is 59.2 Å². The summed E-state index contributed by atoms with van der Waals surface area (Å²) in [4.78, 5) is 19.4. The van der Waals surface area contributed by atoms with E-state index < -0.39 is 0 Å². The van der Waals surface area contributed by atoms with Gasteiger partial charge in [0.25, 0.3) is 5.91 Å². The van der Waals surface area contributed by atoms with Gasteiger partial charge in [-0.15, -0.1) is 11.3 Å². The van der Waals surface area contributed by atoms with Crippen molar-refractivity contribution in [2.24, 2.45) is 0 Å². The monoisotopic (exact) mass is 412 g/mol. The Balaban J connectivity index is 1.49. The highest BCUT2D eigenvalue weighted by atomic mass is 32.1.